The number of rotatable bonds is 6. The Morgan fingerprint density at radius 2 is 1.83 bits per heavy atom. The molecule has 9 heteroatoms. The summed E-state index contributed by atoms with van der Waals surface area (Å²) in [6.07, 6.45) is 5.31. The second-order valence-electron chi connectivity index (χ2n) is 9.34. The molecule has 2 aromatic heterocycles. The van der Waals surface area contributed by atoms with E-state index in [4.69, 9.17) is 14.6 Å². The molecule has 8 nitrogen and oxygen atoms in total. The van der Waals surface area contributed by atoms with Crippen molar-refractivity contribution >= 4 is 28.8 Å². The number of amides is 2. The maximum absolute atomic E-state index is 14.0. The highest BCUT2D eigenvalue weighted by Gasteiger charge is 2.49. The molecule has 1 saturated carbocycles. The smallest absolute Gasteiger partial charge is 0.277 e. The molecule has 0 radical (unpaired) electrons. The van der Waals surface area contributed by atoms with Crippen LogP contribution >= 0.6 is 11.3 Å². The zero-order valence-electron chi connectivity index (χ0n) is 20.2. The fourth-order valence-corrected chi connectivity index (χ4v) is 5.72. The number of carbonyl (C=O) groups excluding carboxylic acids is 2. The summed E-state index contributed by atoms with van der Waals surface area (Å²) < 4.78 is 12.6. The number of hydrogen-bond acceptors (Lipinski definition) is 6. The minimum absolute atomic E-state index is 0.116. The molecule has 35 heavy (non-hydrogen) atoms. The zero-order valence-corrected chi connectivity index (χ0v) is 21.1. The van der Waals surface area contributed by atoms with E-state index in [0.29, 0.717) is 22.9 Å². The number of fused-ring (bicyclic) bond motifs is 1. The predicted molar refractivity (Wildman–Crippen MR) is 135 cm³/mol. The van der Waals surface area contributed by atoms with E-state index in [9.17, 15) is 9.59 Å². The molecule has 3 aromatic rings. The van der Waals surface area contributed by atoms with Gasteiger partial charge in [0.2, 0.25) is 5.91 Å². The van der Waals surface area contributed by atoms with Crippen molar-refractivity contribution in [1.29, 1.82) is 0 Å². The summed E-state index contributed by atoms with van der Waals surface area (Å²) in [5.41, 5.74) is 0.511. The van der Waals surface area contributed by atoms with E-state index < -0.39 is 5.54 Å². The number of nitrogens with one attached hydrogen (secondary N) is 1. The topological polar surface area (TPSA) is 85.7 Å². The van der Waals surface area contributed by atoms with Crippen LogP contribution in [-0.2, 0) is 11.3 Å². The molecule has 3 heterocycles. The Labute approximate surface area is 208 Å². The van der Waals surface area contributed by atoms with Gasteiger partial charge in [-0.1, -0.05) is 25.3 Å². The summed E-state index contributed by atoms with van der Waals surface area (Å²) in [6, 6.07) is 11.1. The molecule has 1 aromatic carbocycles. The van der Waals surface area contributed by atoms with E-state index in [0.717, 1.165) is 36.3 Å². The lowest BCUT2D eigenvalue weighted by Gasteiger charge is -2.44. The van der Waals surface area contributed by atoms with Gasteiger partial charge in [0, 0.05) is 24.2 Å². The van der Waals surface area contributed by atoms with E-state index in [1.165, 1.54) is 6.42 Å². The highest BCUT2D eigenvalue weighted by Crippen LogP contribution is 2.38. The van der Waals surface area contributed by atoms with Crippen molar-refractivity contribution < 1.29 is 19.1 Å². The molecule has 184 valence electrons. The molecule has 2 aliphatic rings. The van der Waals surface area contributed by atoms with Crippen LogP contribution in [0.1, 0.15) is 49.5 Å². The van der Waals surface area contributed by atoms with Crippen LogP contribution in [-0.4, -0.2) is 47.4 Å². The van der Waals surface area contributed by atoms with Gasteiger partial charge in [0.15, 0.2) is 0 Å². The summed E-state index contributed by atoms with van der Waals surface area (Å²) in [5.74, 6) is 0.614. The first-order valence-electron chi connectivity index (χ1n) is 11.9. The third kappa shape index (κ3) is 4.29. The Hall–Kier alpha value is -3.33. The highest BCUT2D eigenvalue weighted by atomic mass is 32.1. The standard InChI is InChI=1S/C26H30N4O4S/c1-26(25(32)27-17-8-5-4-6-9-17)16-29-22(15-21(28-29)23-10-7-11-35-23)24(31)30(26)18-12-19(33-2)14-20(13-18)34-3/h7,10-15,17H,4-6,8-9,16H2,1-3H3,(H,27,32). The number of anilines is 1. The molecular weight excluding hydrogens is 464 g/mol. The van der Waals surface area contributed by atoms with Gasteiger partial charge >= 0.3 is 0 Å². The van der Waals surface area contributed by atoms with Crippen LogP contribution in [0, 0.1) is 0 Å². The summed E-state index contributed by atoms with van der Waals surface area (Å²) >= 11 is 1.56. The predicted octanol–water partition coefficient (Wildman–Crippen LogP) is 4.50. The Morgan fingerprint density at radius 3 is 2.46 bits per heavy atom. The molecule has 5 rings (SSSR count). The fourth-order valence-electron chi connectivity index (χ4n) is 5.04. The molecule has 1 unspecified atom stereocenters. The molecule has 1 atom stereocenters. The van der Waals surface area contributed by atoms with Gasteiger partial charge in [-0.2, -0.15) is 5.10 Å². The Kier molecular flexibility index (Phi) is 6.27. The maximum atomic E-state index is 14.0. The van der Waals surface area contributed by atoms with Gasteiger partial charge in [-0.25, -0.2) is 0 Å². The lowest BCUT2D eigenvalue weighted by molar-refractivity contribution is -0.127. The van der Waals surface area contributed by atoms with E-state index in [1.807, 2.05) is 24.4 Å². The summed E-state index contributed by atoms with van der Waals surface area (Å²) in [5, 5.41) is 9.93. The number of carbonyl (C=O) groups is 2. The average molecular weight is 495 g/mol. The maximum Gasteiger partial charge on any atom is 0.277 e. The van der Waals surface area contributed by atoms with Crippen LogP contribution in [0.3, 0.4) is 0 Å². The first-order chi connectivity index (χ1) is 16.9. The second-order valence-corrected chi connectivity index (χ2v) is 10.3. The largest absolute Gasteiger partial charge is 0.497 e. The van der Waals surface area contributed by atoms with Crippen molar-refractivity contribution in [1.82, 2.24) is 15.1 Å². The number of ether oxygens (including phenoxy) is 2. The molecule has 0 bridgehead atoms. The lowest BCUT2D eigenvalue weighted by atomic mass is 9.91. The van der Waals surface area contributed by atoms with Crippen molar-refractivity contribution in [3.8, 4) is 22.1 Å². The number of methoxy groups -OCH3 is 2. The van der Waals surface area contributed by atoms with Gasteiger partial charge in [0.05, 0.1) is 31.3 Å². The van der Waals surface area contributed by atoms with Crippen molar-refractivity contribution in [3.05, 3.63) is 47.5 Å². The van der Waals surface area contributed by atoms with E-state index in [1.54, 1.807) is 59.4 Å². The van der Waals surface area contributed by atoms with Crippen LogP contribution in [0.25, 0.3) is 10.6 Å². The summed E-state index contributed by atoms with van der Waals surface area (Å²) in [6.45, 7) is 2.04. The van der Waals surface area contributed by atoms with Crippen molar-refractivity contribution in [3.63, 3.8) is 0 Å². The van der Waals surface area contributed by atoms with Gasteiger partial charge in [0.25, 0.3) is 5.91 Å². The van der Waals surface area contributed by atoms with Gasteiger partial charge in [0.1, 0.15) is 28.4 Å². The van der Waals surface area contributed by atoms with Crippen LogP contribution in [0.4, 0.5) is 5.69 Å². The number of hydrogen-bond donors (Lipinski definition) is 1. The molecule has 2 amide bonds. The van der Waals surface area contributed by atoms with Crippen molar-refractivity contribution in [2.45, 2.75) is 57.2 Å². The lowest BCUT2D eigenvalue weighted by Crippen LogP contribution is -2.65. The fraction of sp³-hybridized carbons (Fsp3) is 0.423. The average Bonchev–Trinajstić information content (AvgIpc) is 3.54. The first-order valence-corrected chi connectivity index (χ1v) is 12.8. The Balaban J connectivity index is 1.60. The van der Waals surface area contributed by atoms with E-state index in [2.05, 4.69) is 5.32 Å². The second kappa shape index (κ2) is 9.37. The monoisotopic (exact) mass is 494 g/mol. The van der Waals surface area contributed by atoms with Gasteiger partial charge < -0.3 is 14.8 Å². The highest BCUT2D eigenvalue weighted by molar-refractivity contribution is 7.13. The summed E-state index contributed by atoms with van der Waals surface area (Å²) in [7, 11) is 3.13. The molecule has 1 aliphatic heterocycles. The van der Waals surface area contributed by atoms with Crippen LogP contribution in [0.5, 0.6) is 11.5 Å². The van der Waals surface area contributed by atoms with Gasteiger partial charge in [-0.3, -0.25) is 19.2 Å². The SMILES string of the molecule is COc1cc(OC)cc(N2C(=O)c3cc(-c4cccs4)nn3CC2(C)C(=O)NC2CCCCC2)c1. The number of nitrogens with zero attached hydrogens (tertiary/aromatic N) is 3. The first kappa shape index (κ1) is 23.4. The Morgan fingerprint density at radius 1 is 1.11 bits per heavy atom. The van der Waals surface area contributed by atoms with Crippen molar-refractivity contribution in [2.75, 3.05) is 19.1 Å². The van der Waals surface area contributed by atoms with E-state index in [-0.39, 0.29) is 24.4 Å². The molecular formula is C26H30N4O4S. The quantitative estimate of drug-likeness (QED) is 0.546. The van der Waals surface area contributed by atoms with Crippen molar-refractivity contribution in [2.24, 2.45) is 0 Å². The van der Waals surface area contributed by atoms with Crippen LogP contribution in [0.15, 0.2) is 41.8 Å². The van der Waals surface area contributed by atoms with Gasteiger partial charge in [-0.05, 0) is 37.3 Å². The van der Waals surface area contributed by atoms with E-state index >= 15 is 0 Å². The third-order valence-electron chi connectivity index (χ3n) is 6.95. The minimum atomic E-state index is -1.20. The number of thiophene rings is 1. The third-order valence-corrected chi connectivity index (χ3v) is 7.84. The molecule has 1 aliphatic carbocycles. The zero-order chi connectivity index (χ0) is 24.6. The Bertz CT molecular complexity index is 1210. The summed E-state index contributed by atoms with van der Waals surface area (Å²) in [4.78, 5) is 30.4. The minimum Gasteiger partial charge on any atom is -0.497 e. The molecule has 1 N–H and O–H groups in total. The molecule has 0 saturated heterocycles. The van der Waals surface area contributed by atoms with Crippen LogP contribution in [0.2, 0.25) is 0 Å². The van der Waals surface area contributed by atoms with Crippen LogP contribution < -0.4 is 19.7 Å². The van der Waals surface area contributed by atoms with Gasteiger partial charge in [-0.15, -0.1) is 11.3 Å². The molecule has 1 fully saturated rings. The normalized spacial score (nSPS) is 20.4. The number of aromatic nitrogens is 2. The molecule has 0 spiro atoms. The number of benzene rings is 1.